The van der Waals surface area contributed by atoms with Crippen molar-refractivity contribution in [1.29, 1.82) is 0 Å². The van der Waals surface area contributed by atoms with Gasteiger partial charge < -0.3 is 14.7 Å². The average molecular weight is 359 g/mol. The average Bonchev–Trinajstić information content (AvgIpc) is 2.65. The number of halogens is 1. The molecule has 25 heavy (non-hydrogen) atoms. The van der Waals surface area contributed by atoms with E-state index < -0.39 is 6.10 Å². The molecule has 2 N–H and O–H groups in total. The minimum atomic E-state index is -0.436. The lowest BCUT2D eigenvalue weighted by Crippen LogP contribution is -3.13. The molecule has 0 saturated carbocycles. The lowest BCUT2D eigenvalue weighted by Gasteiger charge is -2.25. The standard InChI is InChI=1S/C21H24ClNO2/c22-20-8-6-17(7-9-20)15-25-16-21(24)14-23-12-10-19(11-13-23)18-4-2-1-3-5-18/h1-10,21,24H,11-16H2/p+1/t21-/m0/s1. The Bertz CT molecular complexity index is 685. The van der Waals surface area contributed by atoms with E-state index in [0.717, 1.165) is 36.6 Å². The van der Waals surface area contributed by atoms with E-state index in [2.05, 4.69) is 30.3 Å². The van der Waals surface area contributed by atoms with Gasteiger partial charge in [-0.2, -0.15) is 0 Å². The van der Waals surface area contributed by atoms with E-state index >= 15 is 0 Å². The van der Waals surface area contributed by atoms with Crippen molar-refractivity contribution in [1.82, 2.24) is 0 Å². The van der Waals surface area contributed by atoms with Crippen LogP contribution in [0.4, 0.5) is 0 Å². The van der Waals surface area contributed by atoms with Crippen LogP contribution in [-0.2, 0) is 11.3 Å². The summed E-state index contributed by atoms with van der Waals surface area (Å²) in [6.07, 6.45) is 2.92. The van der Waals surface area contributed by atoms with Crippen molar-refractivity contribution >= 4 is 17.2 Å². The summed E-state index contributed by atoms with van der Waals surface area (Å²) in [6.45, 7) is 3.59. The summed E-state index contributed by atoms with van der Waals surface area (Å²) in [5.74, 6) is 0. The first-order chi connectivity index (χ1) is 12.2. The molecule has 1 aliphatic heterocycles. The molecular weight excluding hydrogens is 334 g/mol. The van der Waals surface area contributed by atoms with E-state index in [9.17, 15) is 5.11 Å². The fourth-order valence-electron chi connectivity index (χ4n) is 3.17. The van der Waals surface area contributed by atoms with Crippen molar-refractivity contribution in [2.45, 2.75) is 19.1 Å². The molecule has 3 nitrogen and oxygen atoms in total. The molecule has 0 radical (unpaired) electrons. The van der Waals surface area contributed by atoms with Crippen molar-refractivity contribution in [2.75, 3.05) is 26.2 Å². The predicted octanol–water partition coefficient (Wildman–Crippen LogP) is 2.59. The van der Waals surface area contributed by atoms with Gasteiger partial charge in [0.05, 0.1) is 26.3 Å². The molecule has 0 spiro atoms. The number of ether oxygens (including phenoxy) is 1. The summed E-state index contributed by atoms with van der Waals surface area (Å²) in [7, 11) is 0. The van der Waals surface area contributed by atoms with Crippen LogP contribution in [0.15, 0.2) is 60.7 Å². The van der Waals surface area contributed by atoms with Crippen molar-refractivity contribution in [3.63, 3.8) is 0 Å². The van der Waals surface area contributed by atoms with Gasteiger partial charge >= 0.3 is 0 Å². The van der Waals surface area contributed by atoms with Gasteiger partial charge in [-0.25, -0.2) is 0 Å². The Morgan fingerprint density at radius 2 is 1.84 bits per heavy atom. The first-order valence-corrected chi connectivity index (χ1v) is 9.17. The molecule has 1 aliphatic rings. The van der Waals surface area contributed by atoms with E-state index in [4.69, 9.17) is 16.3 Å². The Morgan fingerprint density at radius 3 is 2.52 bits per heavy atom. The number of aliphatic hydroxyl groups excluding tert-OH is 1. The number of rotatable bonds is 7. The fraction of sp³-hybridized carbons (Fsp3) is 0.333. The lowest BCUT2D eigenvalue weighted by atomic mass is 9.99. The van der Waals surface area contributed by atoms with Crippen LogP contribution < -0.4 is 4.90 Å². The van der Waals surface area contributed by atoms with Crippen LogP contribution in [0.3, 0.4) is 0 Å². The van der Waals surface area contributed by atoms with Gasteiger partial charge in [0.15, 0.2) is 0 Å². The third-order valence-corrected chi connectivity index (χ3v) is 4.80. The molecular formula is C21H25ClNO2+. The third-order valence-electron chi connectivity index (χ3n) is 4.55. The van der Waals surface area contributed by atoms with Gasteiger partial charge in [-0.05, 0) is 34.9 Å². The van der Waals surface area contributed by atoms with Crippen molar-refractivity contribution in [3.8, 4) is 0 Å². The van der Waals surface area contributed by atoms with Gasteiger partial charge in [0.25, 0.3) is 0 Å². The highest BCUT2D eigenvalue weighted by atomic mass is 35.5. The highest BCUT2D eigenvalue weighted by molar-refractivity contribution is 6.30. The monoisotopic (exact) mass is 358 g/mol. The summed E-state index contributed by atoms with van der Waals surface area (Å²) in [4.78, 5) is 1.40. The second kappa shape index (κ2) is 9.16. The summed E-state index contributed by atoms with van der Waals surface area (Å²) >= 11 is 5.87. The maximum Gasteiger partial charge on any atom is 0.126 e. The van der Waals surface area contributed by atoms with E-state index in [1.807, 2.05) is 30.3 Å². The minimum absolute atomic E-state index is 0.362. The minimum Gasteiger partial charge on any atom is -0.385 e. The topological polar surface area (TPSA) is 33.9 Å². The van der Waals surface area contributed by atoms with Crippen LogP contribution in [0.5, 0.6) is 0 Å². The normalized spacial score (nSPS) is 18.6. The molecule has 0 amide bonds. The number of hydrogen-bond donors (Lipinski definition) is 2. The second-order valence-electron chi connectivity index (χ2n) is 6.55. The molecule has 0 fully saturated rings. The zero-order chi connectivity index (χ0) is 17.5. The number of hydrogen-bond acceptors (Lipinski definition) is 2. The Morgan fingerprint density at radius 1 is 1.08 bits per heavy atom. The number of quaternary nitrogens is 1. The van der Waals surface area contributed by atoms with Crippen molar-refractivity contribution < 1.29 is 14.7 Å². The first-order valence-electron chi connectivity index (χ1n) is 8.79. The van der Waals surface area contributed by atoms with Crippen LogP contribution >= 0.6 is 11.6 Å². The summed E-state index contributed by atoms with van der Waals surface area (Å²) in [5.41, 5.74) is 3.79. The van der Waals surface area contributed by atoms with Crippen LogP contribution in [0.1, 0.15) is 17.5 Å². The Hall–Kier alpha value is -1.65. The molecule has 1 unspecified atom stereocenters. The molecule has 2 aromatic carbocycles. The third kappa shape index (κ3) is 5.68. The van der Waals surface area contributed by atoms with Gasteiger partial charge in [0, 0.05) is 11.4 Å². The largest absolute Gasteiger partial charge is 0.385 e. The first kappa shape index (κ1) is 18.2. The molecule has 0 aliphatic carbocycles. The molecule has 0 aromatic heterocycles. The van der Waals surface area contributed by atoms with E-state index in [-0.39, 0.29) is 0 Å². The lowest BCUT2D eigenvalue weighted by molar-refractivity contribution is -0.898. The van der Waals surface area contributed by atoms with Gasteiger partial charge in [0.2, 0.25) is 0 Å². The van der Waals surface area contributed by atoms with Gasteiger partial charge in [-0.1, -0.05) is 54.1 Å². The maximum absolute atomic E-state index is 10.2. The molecule has 2 aromatic rings. The molecule has 132 valence electrons. The Kier molecular flexibility index (Phi) is 6.65. The second-order valence-corrected chi connectivity index (χ2v) is 6.99. The highest BCUT2D eigenvalue weighted by Gasteiger charge is 2.19. The van der Waals surface area contributed by atoms with Crippen LogP contribution in [0.2, 0.25) is 5.02 Å². The predicted molar refractivity (Wildman–Crippen MR) is 102 cm³/mol. The molecule has 2 atom stereocenters. The number of nitrogens with one attached hydrogen (secondary N) is 1. The van der Waals surface area contributed by atoms with E-state index in [0.29, 0.717) is 13.2 Å². The Labute approximate surface area is 154 Å². The quantitative estimate of drug-likeness (QED) is 0.797. The molecule has 3 rings (SSSR count). The number of aliphatic hydroxyl groups is 1. The SMILES string of the molecule is O[C@H](COCc1ccc(Cl)cc1)C[NH+]1CC=C(c2ccccc2)CC1. The Balaban J connectivity index is 1.39. The van der Waals surface area contributed by atoms with Crippen LogP contribution in [0, 0.1) is 0 Å². The zero-order valence-electron chi connectivity index (χ0n) is 14.3. The molecule has 4 heteroatoms. The summed E-state index contributed by atoms with van der Waals surface area (Å²) < 4.78 is 5.63. The summed E-state index contributed by atoms with van der Waals surface area (Å²) in [5, 5.41) is 10.9. The molecule has 0 saturated heterocycles. The van der Waals surface area contributed by atoms with Gasteiger partial charge in [-0.3, -0.25) is 0 Å². The van der Waals surface area contributed by atoms with Gasteiger partial charge in [-0.15, -0.1) is 0 Å². The van der Waals surface area contributed by atoms with Crippen molar-refractivity contribution in [2.24, 2.45) is 0 Å². The van der Waals surface area contributed by atoms with Crippen molar-refractivity contribution in [3.05, 3.63) is 76.8 Å². The smallest absolute Gasteiger partial charge is 0.126 e. The van der Waals surface area contributed by atoms with Crippen LogP contribution in [0.25, 0.3) is 5.57 Å². The van der Waals surface area contributed by atoms with Crippen LogP contribution in [-0.4, -0.2) is 37.5 Å². The number of benzene rings is 2. The highest BCUT2D eigenvalue weighted by Crippen LogP contribution is 2.17. The molecule has 1 heterocycles. The maximum atomic E-state index is 10.2. The van der Waals surface area contributed by atoms with E-state index in [1.54, 1.807) is 0 Å². The molecule has 0 bridgehead atoms. The summed E-state index contributed by atoms with van der Waals surface area (Å²) in [6, 6.07) is 18.1. The van der Waals surface area contributed by atoms with Gasteiger partial charge in [0.1, 0.15) is 12.6 Å². The zero-order valence-corrected chi connectivity index (χ0v) is 15.1. The van der Waals surface area contributed by atoms with E-state index in [1.165, 1.54) is 16.0 Å². The fourth-order valence-corrected chi connectivity index (χ4v) is 3.29.